The van der Waals surface area contributed by atoms with Gasteiger partial charge in [0.05, 0.1) is 15.5 Å². The molecule has 0 N–H and O–H groups in total. The Labute approximate surface area is 180 Å². The summed E-state index contributed by atoms with van der Waals surface area (Å²) in [5.41, 5.74) is -1.83. The summed E-state index contributed by atoms with van der Waals surface area (Å²) in [6.45, 7) is 3.25. The molecule has 2 rings (SSSR count). The standard InChI is InChI=1S/C18H18ClF3NO5PS/c1-4-29(26,28-11(2)30-3)17-10-13(6-7-15(17)23(24)25)27-16-8-5-12(9-14(16)19)18(20,21)22/h5-11H,4H2,1-3H3. The second kappa shape index (κ2) is 9.60. The topological polar surface area (TPSA) is 78.7 Å². The molecule has 0 aliphatic rings. The smallest absolute Gasteiger partial charge is 0.416 e. The molecule has 0 saturated carbocycles. The molecular formula is C18H18ClF3NO5PS. The van der Waals surface area contributed by atoms with Gasteiger partial charge in [-0.25, -0.2) is 0 Å². The summed E-state index contributed by atoms with van der Waals surface area (Å²) in [4.78, 5) is 10.8. The number of hydrogen-bond donors (Lipinski definition) is 0. The summed E-state index contributed by atoms with van der Waals surface area (Å²) < 4.78 is 62.9. The molecule has 2 aromatic rings. The van der Waals surface area contributed by atoms with Crippen molar-refractivity contribution in [1.82, 2.24) is 0 Å². The van der Waals surface area contributed by atoms with E-state index in [1.165, 1.54) is 23.9 Å². The van der Waals surface area contributed by atoms with Crippen molar-refractivity contribution in [2.75, 3.05) is 12.4 Å². The van der Waals surface area contributed by atoms with Crippen LogP contribution in [0.15, 0.2) is 36.4 Å². The average Bonchev–Trinajstić information content (AvgIpc) is 2.68. The number of alkyl halides is 3. The van der Waals surface area contributed by atoms with Gasteiger partial charge in [0, 0.05) is 18.3 Å². The van der Waals surface area contributed by atoms with Gasteiger partial charge in [-0.05, 0) is 37.4 Å². The van der Waals surface area contributed by atoms with Crippen molar-refractivity contribution in [3.05, 3.63) is 57.1 Å². The number of nitro benzene ring substituents is 1. The molecule has 2 atom stereocenters. The number of nitrogens with zero attached hydrogens (tertiary/aromatic N) is 1. The molecule has 0 fully saturated rings. The van der Waals surface area contributed by atoms with Crippen LogP contribution in [-0.4, -0.2) is 22.8 Å². The van der Waals surface area contributed by atoms with Gasteiger partial charge in [0.25, 0.3) is 5.69 Å². The molecular weight excluding hydrogens is 466 g/mol. The van der Waals surface area contributed by atoms with E-state index in [2.05, 4.69) is 0 Å². The lowest BCUT2D eigenvalue weighted by Gasteiger charge is -2.21. The van der Waals surface area contributed by atoms with Crippen molar-refractivity contribution in [2.24, 2.45) is 0 Å². The first-order valence-corrected chi connectivity index (χ1v) is 12.0. The highest BCUT2D eigenvalue weighted by Gasteiger charge is 2.34. The number of rotatable bonds is 8. The van der Waals surface area contributed by atoms with Crippen molar-refractivity contribution in [3.63, 3.8) is 0 Å². The lowest BCUT2D eigenvalue weighted by Crippen LogP contribution is -2.17. The summed E-state index contributed by atoms with van der Waals surface area (Å²) in [6.07, 6.45) is -2.82. The van der Waals surface area contributed by atoms with E-state index in [1.807, 2.05) is 0 Å². The third-order valence-corrected chi connectivity index (χ3v) is 7.84. The van der Waals surface area contributed by atoms with Gasteiger partial charge in [-0.2, -0.15) is 13.2 Å². The van der Waals surface area contributed by atoms with Crippen LogP contribution >= 0.6 is 30.7 Å². The largest absolute Gasteiger partial charge is 0.456 e. The van der Waals surface area contributed by atoms with Gasteiger partial charge < -0.3 is 9.26 Å². The molecule has 2 unspecified atom stereocenters. The number of thioether (sulfide) groups is 1. The Kier molecular flexibility index (Phi) is 7.85. The highest BCUT2D eigenvalue weighted by Crippen LogP contribution is 2.50. The Bertz CT molecular complexity index is 989. The summed E-state index contributed by atoms with van der Waals surface area (Å²) >= 11 is 7.18. The number of ether oxygens (including phenoxy) is 1. The van der Waals surface area contributed by atoms with Crippen LogP contribution in [0.3, 0.4) is 0 Å². The maximum absolute atomic E-state index is 13.4. The van der Waals surface area contributed by atoms with Crippen LogP contribution in [-0.2, 0) is 15.3 Å². The van der Waals surface area contributed by atoms with Gasteiger partial charge in [-0.1, -0.05) is 18.5 Å². The zero-order valence-corrected chi connectivity index (χ0v) is 18.6. The lowest BCUT2D eigenvalue weighted by atomic mass is 10.2. The van der Waals surface area contributed by atoms with Crippen molar-refractivity contribution < 1.29 is 31.9 Å². The Morgan fingerprint density at radius 2 is 1.93 bits per heavy atom. The molecule has 164 valence electrons. The van der Waals surface area contributed by atoms with E-state index < -0.39 is 35.2 Å². The average molecular weight is 484 g/mol. The van der Waals surface area contributed by atoms with E-state index in [4.69, 9.17) is 20.9 Å². The SMILES string of the molecule is CCP(=O)(OC(C)SC)c1cc(Oc2ccc(C(F)(F)F)cc2Cl)ccc1[N+](=O)[O-]. The zero-order chi connectivity index (χ0) is 22.7. The Balaban J connectivity index is 2.48. The Hall–Kier alpha value is -1.74. The molecule has 30 heavy (non-hydrogen) atoms. The molecule has 2 aromatic carbocycles. The number of halogens is 4. The predicted molar refractivity (Wildman–Crippen MR) is 111 cm³/mol. The maximum atomic E-state index is 13.4. The van der Waals surface area contributed by atoms with Crippen LogP contribution in [0.1, 0.15) is 19.4 Å². The first-order chi connectivity index (χ1) is 13.9. The molecule has 0 aromatic heterocycles. The fourth-order valence-electron chi connectivity index (χ4n) is 2.47. The van der Waals surface area contributed by atoms with Crippen LogP contribution in [0.4, 0.5) is 18.9 Å². The van der Waals surface area contributed by atoms with Crippen LogP contribution in [0, 0.1) is 10.1 Å². The number of nitro groups is 1. The van der Waals surface area contributed by atoms with E-state index in [0.717, 1.165) is 18.2 Å². The fourth-order valence-corrected chi connectivity index (χ4v) is 5.36. The third-order valence-electron chi connectivity index (χ3n) is 4.06. The van der Waals surface area contributed by atoms with Crippen LogP contribution in [0.25, 0.3) is 0 Å². The van der Waals surface area contributed by atoms with E-state index in [1.54, 1.807) is 20.1 Å². The second-order valence-corrected chi connectivity index (χ2v) is 10.3. The molecule has 0 bridgehead atoms. The van der Waals surface area contributed by atoms with Gasteiger partial charge in [-0.15, -0.1) is 11.8 Å². The normalized spacial score (nSPS) is 14.8. The van der Waals surface area contributed by atoms with Crippen molar-refractivity contribution in [3.8, 4) is 11.5 Å². The molecule has 0 heterocycles. The second-order valence-electron chi connectivity index (χ2n) is 6.05. The highest BCUT2D eigenvalue weighted by atomic mass is 35.5. The number of hydrogen-bond acceptors (Lipinski definition) is 6. The summed E-state index contributed by atoms with van der Waals surface area (Å²) in [7, 11) is -3.61. The van der Waals surface area contributed by atoms with Gasteiger partial charge in [0.15, 0.2) is 0 Å². The van der Waals surface area contributed by atoms with E-state index in [-0.39, 0.29) is 28.0 Å². The maximum Gasteiger partial charge on any atom is 0.416 e. The Morgan fingerprint density at radius 3 is 2.43 bits per heavy atom. The summed E-state index contributed by atoms with van der Waals surface area (Å²) in [6, 6.07) is 6.10. The number of benzene rings is 2. The minimum Gasteiger partial charge on any atom is -0.456 e. The van der Waals surface area contributed by atoms with Gasteiger partial charge in [0.1, 0.15) is 22.2 Å². The minimum atomic E-state index is -4.57. The monoisotopic (exact) mass is 483 g/mol. The van der Waals surface area contributed by atoms with Crippen molar-refractivity contribution >= 4 is 41.7 Å². The zero-order valence-electron chi connectivity index (χ0n) is 16.1. The molecule has 0 amide bonds. The first-order valence-electron chi connectivity index (χ1n) is 8.55. The summed E-state index contributed by atoms with van der Waals surface area (Å²) in [5.74, 6) is -0.0689. The first kappa shape index (κ1) is 24.5. The molecule has 0 saturated heterocycles. The van der Waals surface area contributed by atoms with Gasteiger partial charge >= 0.3 is 6.18 Å². The van der Waals surface area contributed by atoms with Crippen LogP contribution in [0.2, 0.25) is 5.02 Å². The summed E-state index contributed by atoms with van der Waals surface area (Å²) in [5, 5.41) is 11.0. The Morgan fingerprint density at radius 1 is 1.27 bits per heavy atom. The van der Waals surface area contributed by atoms with Crippen LogP contribution in [0.5, 0.6) is 11.5 Å². The molecule has 6 nitrogen and oxygen atoms in total. The third kappa shape index (κ3) is 5.69. The van der Waals surface area contributed by atoms with Gasteiger partial charge in [-0.3, -0.25) is 14.7 Å². The molecule has 0 spiro atoms. The quantitative estimate of drug-likeness (QED) is 0.180. The van der Waals surface area contributed by atoms with Crippen molar-refractivity contribution in [2.45, 2.75) is 25.5 Å². The van der Waals surface area contributed by atoms with E-state index in [9.17, 15) is 27.9 Å². The van der Waals surface area contributed by atoms with E-state index in [0.29, 0.717) is 6.07 Å². The molecule has 0 aliphatic heterocycles. The fraction of sp³-hybridized carbons (Fsp3) is 0.333. The van der Waals surface area contributed by atoms with Crippen molar-refractivity contribution in [1.29, 1.82) is 0 Å². The molecule has 0 aliphatic carbocycles. The predicted octanol–water partition coefficient (Wildman–Crippen LogP) is 6.71. The van der Waals surface area contributed by atoms with Gasteiger partial charge in [0.2, 0.25) is 7.37 Å². The van der Waals surface area contributed by atoms with Crippen LogP contribution < -0.4 is 10.0 Å². The molecule has 0 radical (unpaired) electrons. The minimum absolute atomic E-state index is 0.00320. The van der Waals surface area contributed by atoms with E-state index >= 15 is 0 Å². The highest BCUT2D eigenvalue weighted by molar-refractivity contribution is 7.99. The molecule has 12 heteroatoms. The lowest BCUT2D eigenvalue weighted by molar-refractivity contribution is -0.383.